The Kier molecular flexibility index (Phi) is 8.28. The molecule has 0 fully saturated rings. The first-order chi connectivity index (χ1) is 30.3. The van der Waals surface area contributed by atoms with Gasteiger partial charge in [-0.2, -0.15) is 0 Å². The maximum Gasteiger partial charge on any atom is 0.0663 e. The first-order valence-electron chi connectivity index (χ1n) is 21.6. The summed E-state index contributed by atoms with van der Waals surface area (Å²) in [7, 11) is 0. The number of rotatable bonds is 8. The van der Waals surface area contributed by atoms with E-state index < -0.39 is 0 Å². The van der Waals surface area contributed by atoms with Crippen molar-refractivity contribution in [3.05, 3.63) is 212 Å². The molecule has 61 heavy (non-hydrogen) atoms. The molecule has 9 aromatic carbocycles. The third-order valence-corrected chi connectivity index (χ3v) is 12.8. The maximum absolute atomic E-state index is 2.55. The zero-order valence-corrected chi connectivity index (χ0v) is 34.1. The van der Waals surface area contributed by atoms with E-state index in [0.717, 1.165) is 17.8 Å². The van der Waals surface area contributed by atoms with Crippen molar-refractivity contribution in [1.82, 2.24) is 13.7 Å². The summed E-state index contributed by atoms with van der Waals surface area (Å²) in [6, 6.07) is 76.1. The van der Waals surface area contributed by atoms with Crippen molar-refractivity contribution in [1.29, 1.82) is 0 Å². The summed E-state index contributed by atoms with van der Waals surface area (Å²) in [4.78, 5) is 0. The minimum Gasteiger partial charge on any atom is -0.308 e. The lowest BCUT2D eigenvalue weighted by Crippen LogP contribution is -1.98. The lowest BCUT2D eigenvalue weighted by Gasteiger charge is -2.14. The molecule has 0 atom stereocenters. The van der Waals surface area contributed by atoms with Crippen molar-refractivity contribution in [2.24, 2.45) is 0 Å². The Morgan fingerprint density at radius 1 is 0.311 bits per heavy atom. The molecule has 0 saturated heterocycles. The van der Waals surface area contributed by atoms with Crippen molar-refractivity contribution in [3.63, 3.8) is 0 Å². The van der Waals surface area contributed by atoms with Crippen LogP contribution in [0.15, 0.2) is 206 Å². The number of unbranched alkanes of at least 4 members (excludes halogenated alkanes) is 1. The summed E-state index contributed by atoms with van der Waals surface area (Å²) in [5, 5.41) is 7.50. The van der Waals surface area contributed by atoms with E-state index in [1.165, 1.54) is 112 Å². The molecule has 12 aromatic rings. The minimum atomic E-state index is 1.09. The van der Waals surface area contributed by atoms with Gasteiger partial charge in [-0.3, -0.25) is 0 Å². The molecular weight excluding hydrogens is 739 g/mol. The number of aromatic nitrogens is 3. The first-order valence-corrected chi connectivity index (χ1v) is 21.6. The highest BCUT2D eigenvalue weighted by Crippen LogP contribution is 2.50. The fourth-order valence-corrected chi connectivity index (χ4v) is 10.0. The number of para-hydroxylation sites is 3. The van der Waals surface area contributed by atoms with E-state index in [1.54, 1.807) is 0 Å². The lowest BCUT2D eigenvalue weighted by atomic mass is 10.0. The Balaban J connectivity index is 1.27. The second-order valence-corrected chi connectivity index (χ2v) is 16.3. The number of nitrogens with zero attached hydrogens (tertiary/aromatic N) is 3. The summed E-state index contributed by atoms with van der Waals surface area (Å²) < 4.78 is 7.62. The zero-order chi connectivity index (χ0) is 40.4. The highest BCUT2D eigenvalue weighted by Gasteiger charge is 2.28. The van der Waals surface area contributed by atoms with Crippen LogP contribution in [-0.2, 0) is 6.42 Å². The molecule has 0 amide bonds. The molecule has 0 radical (unpaired) electrons. The summed E-state index contributed by atoms with van der Waals surface area (Å²) in [6.45, 7) is 2.27. The van der Waals surface area contributed by atoms with Gasteiger partial charge in [0.05, 0.1) is 33.1 Å². The van der Waals surface area contributed by atoms with Crippen LogP contribution in [0.3, 0.4) is 0 Å². The predicted octanol–water partition coefficient (Wildman–Crippen LogP) is 15.7. The molecule has 0 aliphatic rings. The van der Waals surface area contributed by atoms with Gasteiger partial charge in [-0.25, -0.2) is 0 Å². The van der Waals surface area contributed by atoms with E-state index in [1.807, 2.05) is 0 Å². The van der Waals surface area contributed by atoms with Crippen LogP contribution < -0.4 is 0 Å². The number of benzene rings is 9. The van der Waals surface area contributed by atoms with E-state index >= 15 is 0 Å². The highest BCUT2D eigenvalue weighted by molar-refractivity contribution is 6.40. The SMILES string of the molecule is CCCCc1ccc(-n2c3ccccc3c3c2c2c4ccccc4n(-c4ccc(-c5ccccc5)cc4)c2c2c4ccccc4n(-c4ccc(-c5ccccc5)cc4)c32)cc1. The van der Waals surface area contributed by atoms with Crippen LogP contribution >= 0.6 is 0 Å². The van der Waals surface area contributed by atoms with E-state index in [4.69, 9.17) is 0 Å². The summed E-state index contributed by atoms with van der Waals surface area (Å²) in [5.41, 5.74) is 16.9. The highest BCUT2D eigenvalue weighted by atomic mass is 15.0. The van der Waals surface area contributed by atoms with E-state index in [0.29, 0.717) is 0 Å². The molecule has 0 unspecified atom stereocenters. The normalized spacial score (nSPS) is 11.9. The van der Waals surface area contributed by atoms with Crippen LogP contribution in [0.1, 0.15) is 25.3 Å². The van der Waals surface area contributed by atoms with Gasteiger partial charge in [0.15, 0.2) is 0 Å². The fourth-order valence-electron chi connectivity index (χ4n) is 10.0. The average molecular weight is 782 g/mol. The van der Waals surface area contributed by atoms with Gasteiger partial charge in [0.2, 0.25) is 0 Å². The molecule has 290 valence electrons. The number of hydrogen-bond donors (Lipinski definition) is 0. The fraction of sp³-hybridized carbons (Fsp3) is 0.0690. The predicted molar refractivity (Wildman–Crippen MR) is 259 cm³/mol. The largest absolute Gasteiger partial charge is 0.308 e. The van der Waals surface area contributed by atoms with Gasteiger partial charge in [-0.15, -0.1) is 0 Å². The Morgan fingerprint density at radius 2 is 0.623 bits per heavy atom. The molecule has 0 spiro atoms. The van der Waals surface area contributed by atoms with Gasteiger partial charge in [-0.1, -0.05) is 165 Å². The standard InChI is InChI=1S/C58H43N3/c1-2-3-16-39-27-33-44(34-28-39)59-50-24-13-10-21-47(50)53-56(59)54-48-22-11-14-25-51(48)60(45-35-29-42(30-36-45)40-17-6-4-7-18-40)58(54)55-49-23-12-15-26-52(49)61(57(53)55)46-37-31-43(32-38-46)41-19-8-5-9-20-41/h4-15,17-38H,2-3,16H2,1H3. The summed E-state index contributed by atoms with van der Waals surface area (Å²) >= 11 is 0. The van der Waals surface area contributed by atoms with Gasteiger partial charge >= 0.3 is 0 Å². The van der Waals surface area contributed by atoms with E-state index in [2.05, 4.69) is 227 Å². The lowest BCUT2D eigenvalue weighted by molar-refractivity contribution is 0.795. The molecular formula is C58H43N3. The van der Waals surface area contributed by atoms with Crippen LogP contribution in [-0.4, -0.2) is 13.7 Å². The van der Waals surface area contributed by atoms with Gasteiger partial charge in [0.1, 0.15) is 0 Å². The smallest absolute Gasteiger partial charge is 0.0663 e. The molecule has 3 heterocycles. The van der Waals surface area contributed by atoms with Crippen molar-refractivity contribution >= 4 is 65.4 Å². The Morgan fingerprint density at radius 3 is 0.984 bits per heavy atom. The first kappa shape index (κ1) is 35.3. The average Bonchev–Trinajstić information content (AvgIpc) is 3.98. The van der Waals surface area contributed by atoms with Gasteiger partial charge in [0.25, 0.3) is 0 Å². The third kappa shape index (κ3) is 5.51. The van der Waals surface area contributed by atoms with Crippen molar-refractivity contribution in [2.45, 2.75) is 26.2 Å². The second kappa shape index (κ2) is 14.3. The van der Waals surface area contributed by atoms with Crippen LogP contribution in [0.2, 0.25) is 0 Å². The summed E-state index contributed by atoms with van der Waals surface area (Å²) in [6.07, 6.45) is 3.47. The molecule has 0 N–H and O–H groups in total. The van der Waals surface area contributed by atoms with E-state index in [-0.39, 0.29) is 0 Å². The van der Waals surface area contributed by atoms with Crippen molar-refractivity contribution in [2.75, 3.05) is 0 Å². The van der Waals surface area contributed by atoms with Crippen LogP contribution in [0.25, 0.3) is 105 Å². The summed E-state index contributed by atoms with van der Waals surface area (Å²) in [5.74, 6) is 0. The Labute approximate surface area is 355 Å². The topological polar surface area (TPSA) is 14.8 Å². The molecule has 3 nitrogen and oxygen atoms in total. The quantitative estimate of drug-likeness (QED) is 0.146. The van der Waals surface area contributed by atoms with Crippen LogP contribution in [0, 0.1) is 0 Å². The third-order valence-electron chi connectivity index (χ3n) is 12.8. The molecule has 0 aliphatic heterocycles. The van der Waals surface area contributed by atoms with Crippen LogP contribution in [0.5, 0.6) is 0 Å². The molecule has 0 saturated carbocycles. The van der Waals surface area contributed by atoms with E-state index in [9.17, 15) is 0 Å². The minimum absolute atomic E-state index is 1.09. The number of fused-ring (bicyclic) bond motifs is 12. The number of aryl methyl sites for hydroxylation is 1. The van der Waals surface area contributed by atoms with Crippen LogP contribution in [0.4, 0.5) is 0 Å². The maximum atomic E-state index is 2.55. The van der Waals surface area contributed by atoms with Gasteiger partial charge < -0.3 is 13.7 Å². The Hall–Kier alpha value is -7.62. The Bertz CT molecular complexity index is 3450. The van der Waals surface area contributed by atoms with Gasteiger partial charge in [0, 0.05) is 49.4 Å². The molecule has 0 bridgehead atoms. The molecule has 3 aromatic heterocycles. The second-order valence-electron chi connectivity index (χ2n) is 16.3. The monoisotopic (exact) mass is 781 g/mol. The zero-order valence-electron chi connectivity index (χ0n) is 34.1. The number of hydrogen-bond acceptors (Lipinski definition) is 0. The van der Waals surface area contributed by atoms with Crippen molar-refractivity contribution in [3.8, 4) is 39.3 Å². The molecule has 3 heteroatoms. The molecule has 0 aliphatic carbocycles. The van der Waals surface area contributed by atoms with Gasteiger partial charge in [-0.05, 0) is 95.3 Å². The molecule has 12 rings (SSSR count). The van der Waals surface area contributed by atoms with Crippen molar-refractivity contribution < 1.29 is 0 Å².